The van der Waals surface area contributed by atoms with Crippen molar-refractivity contribution in [2.24, 2.45) is 0 Å². The van der Waals surface area contributed by atoms with Gasteiger partial charge in [-0.1, -0.05) is 31.5 Å². The molecule has 1 N–H and O–H groups in total. The highest BCUT2D eigenvalue weighted by atomic mass is 16.5. The maximum atomic E-state index is 11.9. The molecule has 110 valence electrons. The van der Waals surface area contributed by atoms with Gasteiger partial charge in [-0.3, -0.25) is 4.79 Å². The molecule has 5 heteroatoms. The molecule has 0 aliphatic rings. The topological polar surface area (TPSA) is 79.2 Å². The summed E-state index contributed by atoms with van der Waals surface area (Å²) < 4.78 is 4.68. The fraction of sp³-hybridized carbons (Fsp3) is 0.312. The minimum absolute atomic E-state index is 0.0394. The zero-order valence-corrected chi connectivity index (χ0v) is 12.2. The van der Waals surface area contributed by atoms with Gasteiger partial charge >= 0.3 is 5.97 Å². The SMILES string of the molecule is CCCCNC(=O)/C(C#N)=C/c1ccccc1C(=O)OC. The Kier molecular flexibility index (Phi) is 6.69. The molecule has 0 radical (unpaired) electrons. The van der Waals surface area contributed by atoms with Crippen LogP contribution in [0.5, 0.6) is 0 Å². The summed E-state index contributed by atoms with van der Waals surface area (Å²) in [5.41, 5.74) is 0.753. The monoisotopic (exact) mass is 286 g/mol. The number of amides is 1. The summed E-state index contributed by atoms with van der Waals surface area (Å²) in [6.45, 7) is 2.53. The van der Waals surface area contributed by atoms with Gasteiger partial charge in [0.1, 0.15) is 11.6 Å². The number of esters is 1. The van der Waals surface area contributed by atoms with Crippen LogP contribution in [-0.2, 0) is 9.53 Å². The normalized spacial score (nSPS) is 10.6. The number of nitrogens with one attached hydrogen (secondary N) is 1. The third kappa shape index (κ3) is 4.77. The molecule has 0 heterocycles. The molecule has 0 bridgehead atoms. The van der Waals surface area contributed by atoms with Crippen LogP contribution in [0, 0.1) is 11.3 Å². The second-order valence-electron chi connectivity index (χ2n) is 4.36. The minimum Gasteiger partial charge on any atom is -0.465 e. The predicted octanol–water partition coefficient (Wildman–Crippen LogP) is 2.30. The van der Waals surface area contributed by atoms with Crippen LogP contribution in [0.3, 0.4) is 0 Å². The van der Waals surface area contributed by atoms with E-state index in [-0.39, 0.29) is 5.57 Å². The van der Waals surface area contributed by atoms with Gasteiger partial charge in [-0.05, 0) is 24.1 Å². The Morgan fingerprint density at radius 1 is 1.38 bits per heavy atom. The van der Waals surface area contributed by atoms with E-state index in [0.717, 1.165) is 12.8 Å². The maximum Gasteiger partial charge on any atom is 0.338 e. The van der Waals surface area contributed by atoms with Crippen molar-refractivity contribution < 1.29 is 14.3 Å². The van der Waals surface area contributed by atoms with Gasteiger partial charge in [-0.25, -0.2) is 4.79 Å². The second kappa shape index (κ2) is 8.54. The third-order valence-corrected chi connectivity index (χ3v) is 2.85. The van der Waals surface area contributed by atoms with Crippen molar-refractivity contribution in [3.8, 4) is 6.07 Å². The first-order chi connectivity index (χ1) is 10.1. The van der Waals surface area contributed by atoms with Crippen molar-refractivity contribution in [3.05, 3.63) is 41.0 Å². The van der Waals surface area contributed by atoms with Crippen molar-refractivity contribution in [1.29, 1.82) is 5.26 Å². The van der Waals surface area contributed by atoms with Crippen LogP contribution < -0.4 is 5.32 Å². The van der Waals surface area contributed by atoms with E-state index < -0.39 is 11.9 Å². The number of nitriles is 1. The number of unbranched alkanes of at least 4 members (excludes halogenated alkanes) is 1. The fourth-order valence-electron chi connectivity index (χ4n) is 1.70. The van der Waals surface area contributed by atoms with Gasteiger partial charge in [0.2, 0.25) is 0 Å². The summed E-state index contributed by atoms with van der Waals surface area (Å²) >= 11 is 0. The first-order valence-corrected chi connectivity index (χ1v) is 6.71. The lowest BCUT2D eigenvalue weighted by molar-refractivity contribution is -0.117. The summed E-state index contributed by atoms with van der Waals surface area (Å²) in [7, 11) is 1.28. The Bertz CT molecular complexity index is 585. The summed E-state index contributed by atoms with van der Waals surface area (Å²) in [6, 6.07) is 8.51. The molecule has 0 aromatic heterocycles. The summed E-state index contributed by atoms with van der Waals surface area (Å²) in [5.74, 6) is -0.948. The van der Waals surface area contributed by atoms with Crippen LogP contribution in [-0.4, -0.2) is 25.5 Å². The molecule has 0 spiro atoms. The van der Waals surface area contributed by atoms with E-state index in [1.54, 1.807) is 24.3 Å². The van der Waals surface area contributed by atoms with Crippen molar-refractivity contribution in [2.45, 2.75) is 19.8 Å². The number of ether oxygens (including phenoxy) is 1. The Hall–Kier alpha value is -2.61. The highest BCUT2D eigenvalue weighted by Gasteiger charge is 2.13. The Morgan fingerprint density at radius 2 is 2.10 bits per heavy atom. The molecule has 5 nitrogen and oxygen atoms in total. The summed E-state index contributed by atoms with van der Waals surface area (Å²) in [4.78, 5) is 23.5. The van der Waals surface area contributed by atoms with Crippen molar-refractivity contribution in [3.63, 3.8) is 0 Å². The maximum absolute atomic E-state index is 11.9. The van der Waals surface area contributed by atoms with Gasteiger partial charge < -0.3 is 10.1 Å². The summed E-state index contributed by atoms with van der Waals surface area (Å²) in [6.07, 6.45) is 3.20. The standard InChI is InChI=1S/C16H18N2O3/c1-3-4-9-18-15(19)13(11-17)10-12-7-5-6-8-14(12)16(20)21-2/h5-8,10H,3-4,9H2,1-2H3,(H,18,19)/b13-10+. The first-order valence-electron chi connectivity index (χ1n) is 6.71. The molecule has 0 saturated heterocycles. The number of carbonyl (C=O) groups excluding carboxylic acids is 2. The van der Waals surface area contributed by atoms with Crippen LogP contribution in [0.1, 0.15) is 35.7 Å². The molecule has 0 atom stereocenters. The average molecular weight is 286 g/mol. The number of rotatable bonds is 6. The molecule has 0 aliphatic carbocycles. The number of nitrogens with zero attached hydrogens (tertiary/aromatic N) is 1. The Balaban J connectivity index is 3.01. The molecule has 0 unspecified atom stereocenters. The molecule has 1 rings (SSSR count). The lowest BCUT2D eigenvalue weighted by atomic mass is 10.0. The molecule has 0 saturated carbocycles. The Morgan fingerprint density at radius 3 is 2.71 bits per heavy atom. The number of methoxy groups -OCH3 is 1. The van der Waals surface area contributed by atoms with Gasteiger partial charge in [0.05, 0.1) is 12.7 Å². The smallest absolute Gasteiger partial charge is 0.338 e. The van der Waals surface area contributed by atoms with Crippen molar-refractivity contribution in [2.75, 3.05) is 13.7 Å². The van der Waals surface area contributed by atoms with Gasteiger partial charge in [0, 0.05) is 6.54 Å². The fourth-order valence-corrected chi connectivity index (χ4v) is 1.70. The van der Waals surface area contributed by atoms with E-state index in [0.29, 0.717) is 17.7 Å². The molecule has 1 aromatic carbocycles. The predicted molar refractivity (Wildman–Crippen MR) is 79.3 cm³/mol. The number of carbonyl (C=O) groups is 2. The van der Waals surface area contributed by atoms with E-state index in [2.05, 4.69) is 10.1 Å². The second-order valence-corrected chi connectivity index (χ2v) is 4.36. The molecular formula is C16H18N2O3. The third-order valence-electron chi connectivity index (χ3n) is 2.85. The largest absolute Gasteiger partial charge is 0.465 e. The van der Waals surface area contributed by atoms with E-state index in [1.807, 2.05) is 13.0 Å². The van der Waals surface area contributed by atoms with Crippen LogP contribution in [0.15, 0.2) is 29.8 Å². The van der Waals surface area contributed by atoms with Crippen LogP contribution >= 0.6 is 0 Å². The minimum atomic E-state index is -0.509. The molecule has 1 aromatic rings. The Labute approximate surface area is 124 Å². The first kappa shape index (κ1) is 16.4. The lowest BCUT2D eigenvalue weighted by Gasteiger charge is -2.05. The average Bonchev–Trinajstić information content (AvgIpc) is 2.52. The lowest BCUT2D eigenvalue weighted by Crippen LogP contribution is -2.25. The van der Waals surface area contributed by atoms with E-state index in [1.165, 1.54) is 13.2 Å². The van der Waals surface area contributed by atoms with Gasteiger partial charge in [-0.15, -0.1) is 0 Å². The quantitative estimate of drug-likeness (QED) is 0.376. The highest BCUT2D eigenvalue weighted by Crippen LogP contribution is 2.14. The number of hydrogen-bond acceptors (Lipinski definition) is 4. The van der Waals surface area contributed by atoms with Crippen LogP contribution in [0.2, 0.25) is 0 Å². The highest BCUT2D eigenvalue weighted by molar-refractivity contribution is 6.03. The van der Waals surface area contributed by atoms with E-state index in [4.69, 9.17) is 5.26 Å². The van der Waals surface area contributed by atoms with Crippen LogP contribution in [0.25, 0.3) is 6.08 Å². The zero-order chi connectivity index (χ0) is 15.7. The molecular weight excluding hydrogens is 268 g/mol. The van der Waals surface area contributed by atoms with E-state index in [9.17, 15) is 9.59 Å². The van der Waals surface area contributed by atoms with Crippen molar-refractivity contribution >= 4 is 18.0 Å². The molecule has 0 fully saturated rings. The van der Waals surface area contributed by atoms with Gasteiger partial charge in [0.25, 0.3) is 5.91 Å². The van der Waals surface area contributed by atoms with Crippen molar-refractivity contribution in [1.82, 2.24) is 5.32 Å². The van der Waals surface area contributed by atoms with Gasteiger partial charge in [0.15, 0.2) is 0 Å². The molecule has 21 heavy (non-hydrogen) atoms. The molecule has 1 amide bonds. The number of hydrogen-bond donors (Lipinski definition) is 1. The van der Waals surface area contributed by atoms with Gasteiger partial charge in [-0.2, -0.15) is 5.26 Å². The zero-order valence-electron chi connectivity index (χ0n) is 12.2. The van der Waals surface area contributed by atoms with E-state index >= 15 is 0 Å². The molecule has 0 aliphatic heterocycles. The van der Waals surface area contributed by atoms with Crippen LogP contribution in [0.4, 0.5) is 0 Å². The number of benzene rings is 1. The summed E-state index contributed by atoms with van der Waals surface area (Å²) in [5, 5.41) is 11.8.